The first-order valence-electron chi connectivity index (χ1n) is 10.4. The standard InChI is InChI=1S/C25H30N4O2/c1-28(2)14-15-29(19-21-10-7-13-26-18-21)25(30)27-23-11-12-24(31-3)22(17-23)16-20-8-5-4-6-9-20/h4-13,17-18H,14-16,19H2,1-3H3,(H,27,30). The first kappa shape index (κ1) is 22.3. The van der Waals surface area contributed by atoms with Gasteiger partial charge in [0.25, 0.3) is 0 Å². The maximum Gasteiger partial charge on any atom is 0.322 e. The van der Waals surface area contributed by atoms with Crippen LogP contribution in [0.3, 0.4) is 0 Å². The highest BCUT2D eigenvalue weighted by molar-refractivity contribution is 5.89. The molecule has 0 aliphatic carbocycles. The van der Waals surface area contributed by atoms with E-state index in [-0.39, 0.29) is 6.03 Å². The van der Waals surface area contributed by atoms with E-state index in [1.54, 1.807) is 24.4 Å². The summed E-state index contributed by atoms with van der Waals surface area (Å²) in [7, 11) is 5.66. The summed E-state index contributed by atoms with van der Waals surface area (Å²) in [6, 6.07) is 19.7. The Morgan fingerprint density at radius 2 is 1.77 bits per heavy atom. The molecule has 1 aromatic heterocycles. The highest BCUT2D eigenvalue weighted by Gasteiger charge is 2.16. The number of nitrogens with zero attached hydrogens (tertiary/aromatic N) is 3. The molecule has 6 nitrogen and oxygen atoms in total. The summed E-state index contributed by atoms with van der Waals surface area (Å²) in [5, 5.41) is 3.06. The first-order chi connectivity index (χ1) is 15.0. The molecule has 0 aliphatic rings. The van der Waals surface area contributed by atoms with Gasteiger partial charge in [0.05, 0.1) is 7.11 Å². The maximum atomic E-state index is 13.1. The van der Waals surface area contributed by atoms with Gasteiger partial charge in [-0.05, 0) is 49.5 Å². The average molecular weight is 419 g/mol. The van der Waals surface area contributed by atoms with E-state index in [0.717, 1.165) is 35.5 Å². The molecule has 1 N–H and O–H groups in total. The van der Waals surface area contributed by atoms with Crippen LogP contribution < -0.4 is 10.1 Å². The predicted octanol–water partition coefficient (Wildman–Crippen LogP) is 4.28. The van der Waals surface area contributed by atoms with E-state index in [4.69, 9.17) is 4.74 Å². The number of hydrogen-bond acceptors (Lipinski definition) is 4. The number of rotatable bonds is 9. The van der Waals surface area contributed by atoms with Gasteiger partial charge in [-0.15, -0.1) is 0 Å². The van der Waals surface area contributed by atoms with E-state index >= 15 is 0 Å². The summed E-state index contributed by atoms with van der Waals surface area (Å²) >= 11 is 0. The molecule has 0 atom stereocenters. The van der Waals surface area contributed by atoms with Gasteiger partial charge in [0.2, 0.25) is 0 Å². The number of likely N-dealkylation sites (N-methyl/N-ethyl adjacent to an activating group) is 1. The summed E-state index contributed by atoms with van der Waals surface area (Å²) in [5.41, 5.74) is 3.96. The Hall–Kier alpha value is -3.38. The van der Waals surface area contributed by atoms with Gasteiger partial charge in [0.15, 0.2) is 0 Å². The lowest BCUT2D eigenvalue weighted by atomic mass is 10.0. The molecule has 162 valence electrons. The number of aromatic nitrogens is 1. The summed E-state index contributed by atoms with van der Waals surface area (Å²) in [5.74, 6) is 0.807. The van der Waals surface area contributed by atoms with Gasteiger partial charge >= 0.3 is 6.03 Å². The Kier molecular flexibility index (Phi) is 8.01. The molecule has 31 heavy (non-hydrogen) atoms. The minimum Gasteiger partial charge on any atom is -0.496 e. The third-order valence-corrected chi connectivity index (χ3v) is 4.97. The number of carbonyl (C=O) groups excluding carboxylic acids is 1. The summed E-state index contributed by atoms with van der Waals surface area (Å²) in [6.07, 6.45) is 4.26. The number of pyridine rings is 1. The van der Waals surface area contributed by atoms with Gasteiger partial charge < -0.3 is 19.9 Å². The van der Waals surface area contributed by atoms with Gasteiger partial charge in [-0.1, -0.05) is 36.4 Å². The van der Waals surface area contributed by atoms with Crippen molar-refractivity contribution in [2.24, 2.45) is 0 Å². The Morgan fingerprint density at radius 1 is 1.00 bits per heavy atom. The largest absolute Gasteiger partial charge is 0.496 e. The number of nitrogens with one attached hydrogen (secondary N) is 1. The monoisotopic (exact) mass is 418 g/mol. The van der Waals surface area contributed by atoms with Crippen molar-refractivity contribution >= 4 is 11.7 Å². The molecule has 0 saturated carbocycles. The maximum absolute atomic E-state index is 13.1. The highest BCUT2D eigenvalue weighted by Crippen LogP contribution is 2.25. The Morgan fingerprint density at radius 3 is 2.45 bits per heavy atom. The van der Waals surface area contributed by atoms with E-state index in [1.165, 1.54) is 5.56 Å². The lowest BCUT2D eigenvalue weighted by molar-refractivity contribution is 0.202. The SMILES string of the molecule is COc1ccc(NC(=O)N(CCN(C)C)Cc2cccnc2)cc1Cc1ccccc1. The molecule has 3 rings (SSSR count). The second-order valence-electron chi connectivity index (χ2n) is 7.71. The number of carbonyl (C=O) groups is 1. The van der Waals surface area contributed by atoms with Crippen molar-refractivity contribution in [1.82, 2.24) is 14.8 Å². The topological polar surface area (TPSA) is 57.7 Å². The number of ether oxygens (including phenoxy) is 1. The van der Waals surface area contributed by atoms with Crippen molar-refractivity contribution in [3.63, 3.8) is 0 Å². The van der Waals surface area contributed by atoms with Crippen LogP contribution in [-0.4, -0.2) is 55.1 Å². The molecular weight excluding hydrogens is 388 g/mol. The molecule has 3 aromatic rings. The average Bonchev–Trinajstić information content (AvgIpc) is 2.78. The van der Waals surface area contributed by atoms with Crippen LogP contribution in [0.2, 0.25) is 0 Å². The van der Waals surface area contributed by atoms with Gasteiger partial charge in [-0.2, -0.15) is 0 Å². The van der Waals surface area contributed by atoms with Crippen LogP contribution in [0.4, 0.5) is 10.5 Å². The lowest BCUT2D eigenvalue weighted by Gasteiger charge is -2.25. The normalized spacial score (nSPS) is 10.7. The minimum atomic E-state index is -0.137. The van der Waals surface area contributed by atoms with Gasteiger partial charge in [0.1, 0.15) is 5.75 Å². The molecule has 0 saturated heterocycles. The molecule has 0 unspecified atom stereocenters. The first-order valence-corrected chi connectivity index (χ1v) is 10.4. The molecule has 0 aliphatic heterocycles. The molecule has 6 heteroatoms. The second kappa shape index (κ2) is 11.1. The van der Waals surface area contributed by atoms with Crippen LogP contribution in [0.1, 0.15) is 16.7 Å². The fourth-order valence-electron chi connectivity index (χ4n) is 3.30. The highest BCUT2D eigenvalue weighted by atomic mass is 16.5. The molecule has 0 spiro atoms. The third-order valence-electron chi connectivity index (χ3n) is 4.97. The smallest absolute Gasteiger partial charge is 0.322 e. The van der Waals surface area contributed by atoms with Crippen LogP contribution in [0.5, 0.6) is 5.75 Å². The molecule has 2 aromatic carbocycles. The molecule has 0 radical (unpaired) electrons. The lowest BCUT2D eigenvalue weighted by Crippen LogP contribution is -2.39. The van der Waals surface area contributed by atoms with E-state index in [9.17, 15) is 4.79 Å². The van der Waals surface area contributed by atoms with Crippen LogP contribution in [-0.2, 0) is 13.0 Å². The Labute approximate surface area is 184 Å². The number of urea groups is 1. The fourth-order valence-corrected chi connectivity index (χ4v) is 3.30. The zero-order valence-corrected chi connectivity index (χ0v) is 18.4. The molecule has 1 heterocycles. The number of amides is 2. The fraction of sp³-hybridized carbons (Fsp3) is 0.280. The van der Waals surface area contributed by atoms with Crippen LogP contribution in [0.15, 0.2) is 73.1 Å². The van der Waals surface area contributed by atoms with Crippen molar-refractivity contribution in [3.8, 4) is 5.75 Å². The molecule has 2 amide bonds. The van der Waals surface area contributed by atoms with E-state index in [2.05, 4.69) is 27.3 Å². The third kappa shape index (κ3) is 6.83. The van der Waals surface area contributed by atoms with Crippen LogP contribution in [0.25, 0.3) is 0 Å². The van der Waals surface area contributed by atoms with Crippen molar-refractivity contribution in [1.29, 1.82) is 0 Å². The number of anilines is 1. The number of methoxy groups -OCH3 is 1. The number of hydrogen-bond donors (Lipinski definition) is 1. The van der Waals surface area contributed by atoms with Crippen LogP contribution >= 0.6 is 0 Å². The minimum absolute atomic E-state index is 0.137. The van der Waals surface area contributed by atoms with Crippen molar-refractivity contribution in [2.45, 2.75) is 13.0 Å². The van der Waals surface area contributed by atoms with E-state index in [1.807, 2.05) is 62.6 Å². The molecule has 0 fully saturated rings. The zero-order valence-electron chi connectivity index (χ0n) is 18.4. The Bertz CT molecular complexity index is 962. The summed E-state index contributed by atoms with van der Waals surface area (Å²) in [4.78, 5) is 21.1. The van der Waals surface area contributed by atoms with Gasteiger partial charge in [-0.25, -0.2) is 4.79 Å². The van der Waals surface area contributed by atoms with Crippen molar-refractivity contribution in [3.05, 3.63) is 89.7 Å². The van der Waals surface area contributed by atoms with Crippen molar-refractivity contribution < 1.29 is 9.53 Å². The van der Waals surface area contributed by atoms with Crippen molar-refractivity contribution in [2.75, 3.05) is 39.6 Å². The summed E-state index contributed by atoms with van der Waals surface area (Å²) < 4.78 is 5.53. The Balaban J connectivity index is 1.76. The molecule has 0 bridgehead atoms. The molecular formula is C25H30N4O2. The predicted molar refractivity (Wildman–Crippen MR) is 124 cm³/mol. The van der Waals surface area contributed by atoms with E-state index in [0.29, 0.717) is 13.1 Å². The second-order valence-corrected chi connectivity index (χ2v) is 7.71. The number of benzene rings is 2. The van der Waals surface area contributed by atoms with Crippen LogP contribution in [0, 0.1) is 0 Å². The zero-order chi connectivity index (χ0) is 22.1. The quantitative estimate of drug-likeness (QED) is 0.564. The van der Waals surface area contributed by atoms with E-state index < -0.39 is 0 Å². The summed E-state index contributed by atoms with van der Waals surface area (Å²) in [6.45, 7) is 1.89. The van der Waals surface area contributed by atoms with Gasteiger partial charge in [0, 0.05) is 49.7 Å². The van der Waals surface area contributed by atoms with Gasteiger partial charge in [-0.3, -0.25) is 4.98 Å².